The van der Waals surface area contributed by atoms with E-state index in [2.05, 4.69) is 25.5 Å². The number of likely N-dealkylation sites (tertiary alicyclic amines) is 1. The molecule has 1 saturated heterocycles. The number of imidazole rings is 1. The topological polar surface area (TPSA) is 73.1 Å². The molecule has 3 N–H and O–H groups in total. The van der Waals surface area contributed by atoms with Crippen molar-refractivity contribution >= 4 is 11.7 Å². The second-order valence-electron chi connectivity index (χ2n) is 6.48. The molecule has 1 fully saturated rings. The lowest BCUT2D eigenvalue weighted by Gasteiger charge is -2.32. The maximum Gasteiger partial charge on any atom is 0.319 e. The van der Waals surface area contributed by atoms with Crippen LogP contribution in [0, 0.1) is 12.8 Å². The number of aromatic nitrogens is 2. The van der Waals surface area contributed by atoms with Crippen LogP contribution >= 0.6 is 0 Å². The van der Waals surface area contributed by atoms with Gasteiger partial charge in [-0.15, -0.1) is 0 Å². The third-order valence-corrected chi connectivity index (χ3v) is 4.39. The molecule has 0 bridgehead atoms. The van der Waals surface area contributed by atoms with Gasteiger partial charge in [0.25, 0.3) is 0 Å². The van der Waals surface area contributed by atoms with Crippen molar-refractivity contribution in [1.82, 2.24) is 20.2 Å². The Hall–Kier alpha value is -2.34. The van der Waals surface area contributed by atoms with Crippen LogP contribution < -0.4 is 10.6 Å². The van der Waals surface area contributed by atoms with Gasteiger partial charge in [-0.1, -0.05) is 17.7 Å². The first-order valence-corrected chi connectivity index (χ1v) is 8.51. The minimum atomic E-state index is -0.137. The Bertz CT molecular complexity index is 638. The number of nitrogens with one attached hydrogen (secondary N) is 3. The zero-order valence-corrected chi connectivity index (χ0v) is 14.1. The number of piperidine rings is 1. The molecule has 2 heterocycles. The maximum atomic E-state index is 12.0. The van der Waals surface area contributed by atoms with E-state index in [1.807, 2.05) is 37.4 Å². The van der Waals surface area contributed by atoms with Gasteiger partial charge in [0.1, 0.15) is 5.82 Å². The number of H-pyrrole nitrogens is 1. The summed E-state index contributed by atoms with van der Waals surface area (Å²) in [5.74, 6) is 1.48. The number of amides is 2. The van der Waals surface area contributed by atoms with Crippen LogP contribution in [-0.4, -0.2) is 40.5 Å². The average Bonchev–Trinajstić information content (AvgIpc) is 3.08. The molecule has 6 nitrogen and oxygen atoms in total. The summed E-state index contributed by atoms with van der Waals surface area (Å²) in [7, 11) is 0. The molecule has 0 radical (unpaired) electrons. The number of anilines is 1. The van der Waals surface area contributed by atoms with Gasteiger partial charge in [-0.25, -0.2) is 9.78 Å². The first-order valence-electron chi connectivity index (χ1n) is 8.51. The molecule has 2 amide bonds. The van der Waals surface area contributed by atoms with Crippen LogP contribution in [-0.2, 0) is 6.54 Å². The summed E-state index contributed by atoms with van der Waals surface area (Å²) in [4.78, 5) is 21.9. The highest BCUT2D eigenvalue weighted by Gasteiger charge is 2.21. The summed E-state index contributed by atoms with van der Waals surface area (Å²) < 4.78 is 0. The number of carbonyl (C=O) groups excluding carboxylic acids is 1. The van der Waals surface area contributed by atoms with Crippen LogP contribution in [0.2, 0.25) is 0 Å². The number of aryl methyl sites for hydroxylation is 1. The van der Waals surface area contributed by atoms with E-state index < -0.39 is 0 Å². The molecule has 128 valence electrons. The summed E-state index contributed by atoms with van der Waals surface area (Å²) in [5, 5.41) is 5.87. The number of hydrogen-bond acceptors (Lipinski definition) is 3. The molecule has 2 aromatic rings. The zero-order chi connectivity index (χ0) is 16.8. The van der Waals surface area contributed by atoms with E-state index in [-0.39, 0.29) is 6.03 Å². The molecular weight excluding hydrogens is 302 g/mol. The first-order chi connectivity index (χ1) is 11.7. The Morgan fingerprint density at radius 2 is 2.21 bits per heavy atom. The quantitative estimate of drug-likeness (QED) is 0.790. The number of rotatable bonds is 5. The van der Waals surface area contributed by atoms with Crippen molar-refractivity contribution in [1.29, 1.82) is 0 Å². The van der Waals surface area contributed by atoms with Gasteiger partial charge in [0.15, 0.2) is 0 Å². The molecule has 1 aromatic carbocycles. The Morgan fingerprint density at radius 1 is 1.38 bits per heavy atom. The number of hydrogen-bond donors (Lipinski definition) is 3. The Balaban J connectivity index is 1.42. The van der Waals surface area contributed by atoms with Gasteiger partial charge in [-0.05, 0) is 44.4 Å². The highest BCUT2D eigenvalue weighted by Crippen LogP contribution is 2.17. The highest BCUT2D eigenvalue weighted by atomic mass is 16.2. The fourth-order valence-electron chi connectivity index (χ4n) is 3.11. The van der Waals surface area contributed by atoms with Crippen LogP contribution in [0.1, 0.15) is 24.2 Å². The number of benzene rings is 1. The standard InChI is InChI=1S/C18H25N5O/c1-14-4-6-16(7-5-14)22-18(24)21-11-15-3-2-10-23(12-15)13-17-19-8-9-20-17/h4-9,15H,2-3,10-13H2,1H3,(H,19,20)(H2,21,22,24)/t15-/m0/s1. The number of carbonyl (C=O) groups is 1. The molecule has 24 heavy (non-hydrogen) atoms. The van der Waals surface area contributed by atoms with Crippen molar-refractivity contribution in [2.45, 2.75) is 26.3 Å². The van der Waals surface area contributed by atoms with Gasteiger partial charge in [-0.2, -0.15) is 0 Å². The van der Waals surface area contributed by atoms with E-state index >= 15 is 0 Å². The molecule has 0 saturated carbocycles. The van der Waals surface area contributed by atoms with Crippen molar-refractivity contribution in [2.75, 3.05) is 25.0 Å². The summed E-state index contributed by atoms with van der Waals surface area (Å²) in [6.45, 7) is 5.66. The van der Waals surface area contributed by atoms with E-state index in [9.17, 15) is 4.79 Å². The van der Waals surface area contributed by atoms with Crippen molar-refractivity contribution in [3.8, 4) is 0 Å². The van der Waals surface area contributed by atoms with Crippen LogP contribution in [0.25, 0.3) is 0 Å². The average molecular weight is 327 g/mol. The molecule has 1 aromatic heterocycles. The predicted molar refractivity (Wildman–Crippen MR) is 94.8 cm³/mol. The smallest absolute Gasteiger partial charge is 0.319 e. The van der Waals surface area contributed by atoms with E-state index in [0.717, 1.165) is 44.0 Å². The van der Waals surface area contributed by atoms with Crippen LogP contribution in [0.4, 0.5) is 10.5 Å². The van der Waals surface area contributed by atoms with E-state index in [4.69, 9.17) is 0 Å². The van der Waals surface area contributed by atoms with Crippen molar-refractivity contribution in [2.24, 2.45) is 5.92 Å². The van der Waals surface area contributed by atoms with Crippen LogP contribution in [0.15, 0.2) is 36.7 Å². The van der Waals surface area contributed by atoms with Gasteiger partial charge in [0.2, 0.25) is 0 Å². The van der Waals surface area contributed by atoms with Crippen LogP contribution in [0.3, 0.4) is 0 Å². The van der Waals surface area contributed by atoms with E-state index in [1.165, 1.54) is 5.56 Å². The molecule has 0 spiro atoms. The van der Waals surface area contributed by atoms with Crippen molar-refractivity contribution < 1.29 is 4.79 Å². The molecule has 0 unspecified atom stereocenters. The summed E-state index contributed by atoms with van der Waals surface area (Å²) in [6, 6.07) is 7.68. The predicted octanol–water partition coefficient (Wildman–Crippen LogP) is 2.75. The zero-order valence-electron chi connectivity index (χ0n) is 14.1. The second kappa shape index (κ2) is 7.97. The molecule has 6 heteroatoms. The third-order valence-electron chi connectivity index (χ3n) is 4.39. The molecule has 3 rings (SSSR count). The number of urea groups is 1. The Kier molecular flexibility index (Phi) is 5.48. The van der Waals surface area contributed by atoms with Gasteiger partial charge in [0.05, 0.1) is 6.54 Å². The minimum absolute atomic E-state index is 0.137. The molecule has 1 aliphatic heterocycles. The van der Waals surface area contributed by atoms with Gasteiger partial charge < -0.3 is 15.6 Å². The first kappa shape index (κ1) is 16.5. The largest absolute Gasteiger partial charge is 0.348 e. The van der Waals surface area contributed by atoms with Crippen LogP contribution in [0.5, 0.6) is 0 Å². The Labute approximate surface area is 142 Å². The van der Waals surface area contributed by atoms with Crippen molar-refractivity contribution in [3.05, 3.63) is 48.0 Å². The molecule has 0 aliphatic carbocycles. The molecular formula is C18H25N5O. The summed E-state index contributed by atoms with van der Waals surface area (Å²) in [5.41, 5.74) is 2.00. The second-order valence-corrected chi connectivity index (χ2v) is 6.48. The minimum Gasteiger partial charge on any atom is -0.348 e. The monoisotopic (exact) mass is 327 g/mol. The lowest BCUT2D eigenvalue weighted by atomic mass is 9.98. The normalized spacial score (nSPS) is 18.3. The van der Waals surface area contributed by atoms with Crippen molar-refractivity contribution in [3.63, 3.8) is 0 Å². The maximum absolute atomic E-state index is 12.0. The van der Waals surface area contributed by atoms with Gasteiger partial charge in [0, 0.05) is 31.2 Å². The highest BCUT2D eigenvalue weighted by molar-refractivity contribution is 5.89. The lowest BCUT2D eigenvalue weighted by molar-refractivity contribution is 0.163. The van der Waals surface area contributed by atoms with Gasteiger partial charge in [-0.3, -0.25) is 4.90 Å². The van der Waals surface area contributed by atoms with E-state index in [1.54, 1.807) is 6.20 Å². The summed E-state index contributed by atoms with van der Waals surface area (Å²) in [6.07, 6.45) is 5.95. The summed E-state index contributed by atoms with van der Waals surface area (Å²) >= 11 is 0. The fraction of sp³-hybridized carbons (Fsp3) is 0.444. The third kappa shape index (κ3) is 4.83. The molecule has 1 atom stereocenters. The Morgan fingerprint density at radius 3 is 2.96 bits per heavy atom. The van der Waals surface area contributed by atoms with E-state index in [0.29, 0.717) is 12.5 Å². The van der Waals surface area contributed by atoms with Gasteiger partial charge >= 0.3 is 6.03 Å². The number of nitrogens with zero attached hydrogens (tertiary/aromatic N) is 2. The number of aromatic amines is 1. The lowest BCUT2D eigenvalue weighted by Crippen LogP contribution is -2.41. The fourth-order valence-corrected chi connectivity index (χ4v) is 3.11. The SMILES string of the molecule is Cc1ccc(NC(=O)NC[C@@H]2CCCN(Cc3ncc[nH]3)C2)cc1. The molecule has 1 aliphatic rings.